The maximum atomic E-state index is 11.7. The van der Waals surface area contributed by atoms with E-state index in [0.29, 0.717) is 16.1 Å². The molecule has 0 amide bonds. The van der Waals surface area contributed by atoms with Gasteiger partial charge in [0.15, 0.2) is 5.58 Å². The molecule has 19 heavy (non-hydrogen) atoms. The smallest absolute Gasteiger partial charge is 0.420 e. The van der Waals surface area contributed by atoms with Crippen molar-refractivity contribution in [1.82, 2.24) is 4.57 Å². The highest BCUT2D eigenvalue weighted by atomic mass is 35.5. The Morgan fingerprint density at radius 1 is 1.53 bits per heavy atom. The zero-order valence-electron chi connectivity index (χ0n) is 10.1. The van der Waals surface area contributed by atoms with Crippen LogP contribution in [0.1, 0.15) is 6.92 Å². The predicted octanol–water partition coefficient (Wildman–Crippen LogP) is 2.42. The van der Waals surface area contributed by atoms with Crippen LogP contribution < -0.4 is 5.76 Å². The topological polar surface area (TPSA) is 61.4 Å². The molecule has 0 unspecified atom stereocenters. The van der Waals surface area contributed by atoms with Crippen molar-refractivity contribution in [2.24, 2.45) is 0 Å². The van der Waals surface area contributed by atoms with Gasteiger partial charge in [-0.2, -0.15) is 0 Å². The van der Waals surface area contributed by atoms with Crippen molar-refractivity contribution < 1.29 is 13.9 Å². The maximum Gasteiger partial charge on any atom is 0.420 e. The predicted molar refractivity (Wildman–Crippen MR) is 71.8 cm³/mol. The van der Waals surface area contributed by atoms with Crippen molar-refractivity contribution in [2.45, 2.75) is 18.8 Å². The molecule has 0 fully saturated rings. The van der Waals surface area contributed by atoms with Crippen LogP contribution in [0.4, 0.5) is 0 Å². The summed E-state index contributed by atoms with van der Waals surface area (Å²) in [6, 6.07) is 4.79. The molecule has 5 nitrogen and oxygen atoms in total. The molecule has 2 aromatic rings. The van der Waals surface area contributed by atoms with E-state index in [0.717, 1.165) is 0 Å². The number of halogens is 2. The van der Waals surface area contributed by atoms with Crippen molar-refractivity contribution in [3.05, 3.63) is 33.8 Å². The summed E-state index contributed by atoms with van der Waals surface area (Å²) < 4.78 is 11.1. The molecule has 0 aliphatic carbocycles. The number of rotatable bonds is 4. The number of esters is 1. The number of hydrogen-bond donors (Lipinski definition) is 0. The normalized spacial score (nSPS) is 12.6. The fourth-order valence-corrected chi connectivity index (χ4v) is 2.04. The lowest BCUT2D eigenvalue weighted by atomic mass is 10.3. The van der Waals surface area contributed by atoms with E-state index >= 15 is 0 Å². The summed E-state index contributed by atoms with van der Waals surface area (Å²) in [6.45, 7) is 1.90. The Kier molecular flexibility index (Phi) is 4.17. The molecule has 1 heterocycles. The van der Waals surface area contributed by atoms with E-state index in [1.54, 1.807) is 19.1 Å². The van der Waals surface area contributed by atoms with Gasteiger partial charge in [-0.1, -0.05) is 11.6 Å². The van der Waals surface area contributed by atoms with Gasteiger partial charge in [0.05, 0.1) is 18.7 Å². The minimum atomic E-state index is -0.950. The number of aromatic nitrogens is 1. The molecule has 0 aliphatic heterocycles. The minimum absolute atomic E-state index is 0.0200. The summed E-state index contributed by atoms with van der Waals surface area (Å²) in [6.07, 6.45) is 0. The Morgan fingerprint density at radius 3 is 2.95 bits per heavy atom. The minimum Gasteiger partial charge on any atom is -0.465 e. The molecule has 0 radical (unpaired) electrons. The van der Waals surface area contributed by atoms with Crippen LogP contribution >= 0.6 is 23.2 Å². The van der Waals surface area contributed by atoms with Crippen LogP contribution in [0.15, 0.2) is 27.4 Å². The fraction of sp³-hybridized carbons (Fsp3) is 0.333. The highest BCUT2D eigenvalue weighted by molar-refractivity contribution is 6.31. The molecule has 0 N–H and O–H groups in total. The highest BCUT2D eigenvalue weighted by Crippen LogP contribution is 2.19. The van der Waals surface area contributed by atoms with Gasteiger partial charge in [0.1, 0.15) is 5.38 Å². The quantitative estimate of drug-likeness (QED) is 0.643. The number of benzene rings is 1. The van der Waals surface area contributed by atoms with Crippen LogP contribution in [0.25, 0.3) is 11.1 Å². The van der Waals surface area contributed by atoms with E-state index in [9.17, 15) is 9.59 Å². The first kappa shape index (κ1) is 14.0. The average Bonchev–Trinajstić information content (AvgIpc) is 2.65. The molecule has 102 valence electrons. The largest absolute Gasteiger partial charge is 0.465 e. The Hall–Kier alpha value is -1.46. The Bertz CT molecular complexity index is 661. The summed E-state index contributed by atoms with van der Waals surface area (Å²) >= 11 is 11.7. The third-order valence-electron chi connectivity index (χ3n) is 2.52. The first-order valence-corrected chi connectivity index (χ1v) is 6.44. The molecular weight excluding hydrogens is 293 g/mol. The van der Waals surface area contributed by atoms with Crippen molar-refractivity contribution in [1.29, 1.82) is 0 Å². The molecule has 1 aromatic carbocycles. The Labute approximate surface area is 118 Å². The third kappa shape index (κ3) is 2.93. The van der Waals surface area contributed by atoms with Crippen LogP contribution in [-0.2, 0) is 16.1 Å². The number of alkyl halides is 1. The highest BCUT2D eigenvalue weighted by Gasteiger charge is 2.20. The monoisotopic (exact) mass is 303 g/mol. The van der Waals surface area contributed by atoms with E-state index in [4.69, 9.17) is 32.4 Å². The lowest BCUT2D eigenvalue weighted by Gasteiger charge is -2.08. The second-order valence-electron chi connectivity index (χ2n) is 3.81. The number of ether oxygens (including phenoxy) is 1. The number of nitrogens with zero attached hydrogens (tertiary/aromatic N) is 1. The van der Waals surface area contributed by atoms with E-state index in [-0.39, 0.29) is 13.2 Å². The average molecular weight is 304 g/mol. The Balaban J connectivity index is 2.33. The van der Waals surface area contributed by atoms with Crippen LogP contribution in [0.3, 0.4) is 0 Å². The number of hydrogen-bond acceptors (Lipinski definition) is 4. The summed E-state index contributed by atoms with van der Waals surface area (Å²) in [5, 5.41) is -0.490. The summed E-state index contributed by atoms with van der Waals surface area (Å²) in [5.74, 6) is -1.16. The standard InChI is InChI=1S/C12H11Cl2NO4/c1-2-18-11(16)8(14)6-15-9-4-3-7(13)5-10(9)19-12(15)17/h3-5,8H,2,6H2,1H3/t8-/m0/s1. The van der Waals surface area contributed by atoms with Crippen molar-refractivity contribution in [2.75, 3.05) is 6.61 Å². The Morgan fingerprint density at radius 2 is 2.26 bits per heavy atom. The molecule has 7 heteroatoms. The number of fused-ring (bicyclic) bond motifs is 1. The molecule has 2 rings (SSSR count). The molecule has 1 aromatic heterocycles. The molecule has 0 spiro atoms. The van der Waals surface area contributed by atoms with Crippen molar-refractivity contribution in [3.8, 4) is 0 Å². The first-order valence-electron chi connectivity index (χ1n) is 5.62. The zero-order chi connectivity index (χ0) is 14.0. The number of carbonyl (C=O) groups is 1. The summed E-state index contributed by atoms with van der Waals surface area (Å²) in [4.78, 5) is 23.2. The summed E-state index contributed by atoms with van der Waals surface area (Å²) in [7, 11) is 0. The van der Waals surface area contributed by atoms with Crippen LogP contribution in [0.2, 0.25) is 5.02 Å². The van der Waals surface area contributed by atoms with Crippen LogP contribution in [0, 0.1) is 0 Å². The number of carbonyl (C=O) groups excluding carboxylic acids is 1. The molecular formula is C12H11Cl2NO4. The van der Waals surface area contributed by atoms with Gasteiger partial charge in [0.2, 0.25) is 0 Å². The molecule has 0 aliphatic rings. The summed E-state index contributed by atoms with van der Waals surface area (Å²) in [5.41, 5.74) is 0.884. The van der Waals surface area contributed by atoms with E-state index < -0.39 is 17.1 Å². The van der Waals surface area contributed by atoms with Gasteiger partial charge in [-0.3, -0.25) is 9.36 Å². The second-order valence-corrected chi connectivity index (χ2v) is 4.77. The zero-order valence-corrected chi connectivity index (χ0v) is 11.6. The lowest BCUT2D eigenvalue weighted by molar-refractivity contribution is -0.142. The van der Waals surface area contributed by atoms with E-state index in [1.165, 1.54) is 10.6 Å². The van der Waals surface area contributed by atoms with Gasteiger partial charge in [0.25, 0.3) is 0 Å². The van der Waals surface area contributed by atoms with Gasteiger partial charge < -0.3 is 9.15 Å². The second kappa shape index (κ2) is 5.67. The van der Waals surface area contributed by atoms with Gasteiger partial charge in [-0.25, -0.2) is 4.79 Å². The van der Waals surface area contributed by atoms with Gasteiger partial charge in [-0.15, -0.1) is 11.6 Å². The van der Waals surface area contributed by atoms with E-state index in [2.05, 4.69) is 0 Å². The van der Waals surface area contributed by atoms with Crippen LogP contribution in [-0.4, -0.2) is 22.5 Å². The lowest BCUT2D eigenvalue weighted by Crippen LogP contribution is -2.27. The third-order valence-corrected chi connectivity index (χ3v) is 3.07. The molecule has 0 bridgehead atoms. The fourth-order valence-electron chi connectivity index (χ4n) is 1.68. The van der Waals surface area contributed by atoms with Crippen molar-refractivity contribution in [3.63, 3.8) is 0 Å². The first-order chi connectivity index (χ1) is 9.02. The molecule has 0 saturated heterocycles. The molecule has 0 saturated carbocycles. The number of oxazole rings is 1. The van der Waals surface area contributed by atoms with E-state index in [1.807, 2.05) is 0 Å². The van der Waals surface area contributed by atoms with Crippen molar-refractivity contribution >= 4 is 40.3 Å². The SMILES string of the molecule is CCOC(=O)[C@@H](Cl)Cn1c(=O)oc2cc(Cl)ccc21. The van der Waals surface area contributed by atoms with Crippen LogP contribution in [0.5, 0.6) is 0 Å². The maximum absolute atomic E-state index is 11.7. The van der Waals surface area contributed by atoms with Gasteiger partial charge in [-0.05, 0) is 19.1 Å². The van der Waals surface area contributed by atoms with Gasteiger partial charge in [0, 0.05) is 11.1 Å². The molecule has 1 atom stereocenters. The van der Waals surface area contributed by atoms with Gasteiger partial charge >= 0.3 is 11.7 Å².